The highest BCUT2D eigenvalue weighted by atomic mass is 16.5. The molecule has 1 aliphatic heterocycles. The predicted octanol–water partition coefficient (Wildman–Crippen LogP) is 5.02. The second kappa shape index (κ2) is 5.65. The van der Waals surface area contributed by atoms with Gasteiger partial charge in [0.1, 0.15) is 0 Å². The lowest BCUT2D eigenvalue weighted by atomic mass is 9.68. The summed E-state index contributed by atoms with van der Waals surface area (Å²) in [5, 5.41) is 0. The van der Waals surface area contributed by atoms with E-state index in [4.69, 9.17) is 4.74 Å². The molecule has 0 aromatic heterocycles. The summed E-state index contributed by atoms with van der Waals surface area (Å²) in [5.41, 5.74) is 4.27. The van der Waals surface area contributed by atoms with Gasteiger partial charge in [0, 0.05) is 5.41 Å². The van der Waals surface area contributed by atoms with Gasteiger partial charge in [-0.25, -0.2) is 0 Å². The van der Waals surface area contributed by atoms with Crippen molar-refractivity contribution < 1.29 is 4.74 Å². The van der Waals surface area contributed by atoms with E-state index in [0.717, 1.165) is 13.0 Å². The molecule has 1 fully saturated rings. The van der Waals surface area contributed by atoms with Crippen LogP contribution in [-0.4, -0.2) is 12.7 Å². The molecule has 0 N–H and O–H groups in total. The molecule has 1 nitrogen and oxygen atoms in total. The van der Waals surface area contributed by atoms with Gasteiger partial charge in [-0.1, -0.05) is 67.1 Å². The fraction of sp³-hybridized carbons (Fsp3) is 0.400. The van der Waals surface area contributed by atoms with E-state index >= 15 is 0 Å². The Morgan fingerprint density at radius 2 is 2.00 bits per heavy atom. The zero-order valence-corrected chi connectivity index (χ0v) is 13.2. The first-order chi connectivity index (χ1) is 10.1. The molecular formula is C20H24O. The van der Waals surface area contributed by atoms with Crippen LogP contribution in [0.15, 0.2) is 59.7 Å². The molecule has 1 unspecified atom stereocenters. The SMILES string of the molecule is CC(C)=C1C=C[C@@]2(C)C(/C=C/c3ccccc3)OC[C@H]2C1. The molecule has 1 saturated heterocycles. The van der Waals surface area contributed by atoms with E-state index in [0.29, 0.717) is 5.92 Å². The van der Waals surface area contributed by atoms with Crippen molar-refractivity contribution in [3.05, 3.63) is 65.3 Å². The Balaban J connectivity index is 1.82. The summed E-state index contributed by atoms with van der Waals surface area (Å²) >= 11 is 0. The van der Waals surface area contributed by atoms with E-state index in [1.807, 2.05) is 6.07 Å². The first-order valence-corrected chi connectivity index (χ1v) is 7.80. The van der Waals surface area contributed by atoms with Crippen molar-refractivity contribution in [1.82, 2.24) is 0 Å². The van der Waals surface area contributed by atoms with Crippen LogP contribution in [0, 0.1) is 11.3 Å². The topological polar surface area (TPSA) is 9.23 Å². The minimum atomic E-state index is 0.129. The molecule has 0 spiro atoms. The maximum absolute atomic E-state index is 6.09. The van der Waals surface area contributed by atoms with Gasteiger partial charge in [-0.2, -0.15) is 0 Å². The van der Waals surface area contributed by atoms with Crippen molar-refractivity contribution in [2.75, 3.05) is 6.61 Å². The van der Waals surface area contributed by atoms with E-state index in [1.165, 1.54) is 16.7 Å². The first-order valence-electron chi connectivity index (χ1n) is 7.80. The largest absolute Gasteiger partial charge is 0.373 e. The van der Waals surface area contributed by atoms with Gasteiger partial charge in [-0.05, 0) is 37.3 Å². The zero-order chi connectivity index (χ0) is 14.9. The van der Waals surface area contributed by atoms with Crippen LogP contribution in [0.25, 0.3) is 6.08 Å². The monoisotopic (exact) mass is 280 g/mol. The Labute approximate surface area is 128 Å². The molecule has 0 saturated carbocycles. The highest BCUT2D eigenvalue weighted by Gasteiger charge is 2.46. The Morgan fingerprint density at radius 1 is 1.24 bits per heavy atom. The summed E-state index contributed by atoms with van der Waals surface area (Å²) in [6.07, 6.45) is 10.4. The zero-order valence-electron chi connectivity index (χ0n) is 13.2. The summed E-state index contributed by atoms with van der Waals surface area (Å²) in [5.74, 6) is 0.595. The average Bonchev–Trinajstić information content (AvgIpc) is 2.81. The van der Waals surface area contributed by atoms with Gasteiger partial charge in [0.25, 0.3) is 0 Å². The summed E-state index contributed by atoms with van der Waals surface area (Å²) in [6.45, 7) is 7.60. The summed E-state index contributed by atoms with van der Waals surface area (Å²) in [4.78, 5) is 0. The van der Waals surface area contributed by atoms with Crippen molar-refractivity contribution >= 4 is 6.08 Å². The molecule has 0 amide bonds. The highest BCUT2D eigenvalue weighted by molar-refractivity contribution is 5.50. The summed E-state index contributed by atoms with van der Waals surface area (Å²) in [6, 6.07) is 10.4. The van der Waals surface area contributed by atoms with E-state index in [2.05, 4.69) is 69.3 Å². The molecule has 0 bridgehead atoms. The number of fused-ring (bicyclic) bond motifs is 1. The molecule has 1 aliphatic carbocycles. The average molecular weight is 280 g/mol. The van der Waals surface area contributed by atoms with Gasteiger partial charge in [-0.3, -0.25) is 0 Å². The molecule has 1 heterocycles. The van der Waals surface area contributed by atoms with Gasteiger partial charge in [0.05, 0.1) is 12.7 Å². The fourth-order valence-electron chi connectivity index (χ4n) is 3.33. The number of allylic oxidation sites excluding steroid dienone is 3. The molecule has 1 heteroatoms. The third kappa shape index (κ3) is 2.75. The minimum absolute atomic E-state index is 0.129. The van der Waals surface area contributed by atoms with Crippen molar-refractivity contribution in [2.24, 2.45) is 11.3 Å². The summed E-state index contributed by atoms with van der Waals surface area (Å²) in [7, 11) is 0. The van der Waals surface area contributed by atoms with Crippen molar-refractivity contribution in [2.45, 2.75) is 33.3 Å². The third-order valence-corrected chi connectivity index (χ3v) is 4.98. The lowest BCUT2D eigenvalue weighted by Gasteiger charge is -2.34. The van der Waals surface area contributed by atoms with Crippen LogP contribution < -0.4 is 0 Å². The van der Waals surface area contributed by atoms with Crippen LogP contribution in [-0.2, 0) is 4.74 Å². The van der Waals surface area contributed by atoms with E-state index in [9.17, 15) is 0 Å². The van der Waals surface area contributed by atoms with Gasteiger partial charge in [0.2, 0.25) is 0 Å². The maximum Gasteiger partial charge on any atom is 0.0850 e. The van der Waals surface area contributed by atoms with Gasteiger partial charge >= 0.3 is 0 Å². The van der Waals surface area contributed by atoms with Crippen LogP contribution in [0.5, 0.6) is 0 Å². The first kappa shape index (κ1) is 14.3. The summed E-state index contributed by atoms with van der Waals surface area (Å²) < 4.78 is 6.09. The Morgan fingerprint density at radius 3 is 2.71 bits per heavy atom. The van der Waals surface area contributed by atoms with Crippen molar-refractivity contribution in [3.63, 3.8) is 0 Å². The van der Waals surface area contributed by atoms with E-state index in [-0.39, 0.29) is 11.5 Å². The van der Waals surface area contributed by atoms with Gasteiger partial charge < -0.3 is 4.74 Å². The second-order valence-electron chi connectivity index (χ2n) is 6.65. The molecule has 3 rings (SSSR count). The number of hydrogen-bond acceptors (Lipinski definition) is 1. The Bertz CT molecular complexity index is 590. The number of hydrogen-bond donors (Lipinski definition) is 0. The lowest BCUT2D eigenvalue weighted by molar-refractivity contribution is 0.113. The molecule has 1 aromatic carbocycles. The van der Waals surface area contributed by atoms with Crippen LogP contribution in [0.4, 0.5) is 0 Å². The molecule has 1 aromatic rings. The third-order valence-electron chi connectivity index (χ3n) is 4.98. The predicted molar refractivity (Wildman–Crippen MR) is 88.9 cm³/mol. The molecule has 110 valence electrons. The molecule has 21 heavy (non-hydrogen) atoms. The van der Waals surface area contributed by atoms with Crippen LogP contribution in [0.3, 0.4) is 0 Å². The van der Waals surface area contributed by atoms with Crippen molar-refractivity contribution in [3.8, 4) is 0 Å². The number of ether oxygens (including phenoxy) is 1. The minimum Gasteiger partial charge on any atom is -0.373 e. The molecule has 2 aliphatic rings. The quantitative estimate of drug-likeness (QED) is 0.739. The molecular weight excluding hydrogens is 256 g/mol. The Hall–Kier alpha value is -1.60. The lowest BCUT2D eigenvalue weighted by Crippen LogP contribution is -2.32. The van der Waals surface area contributed by atoms with Crippen LogP contribution >= 0.6 is 0 Å². The Kier molecular flexibility index (Phi) is 3.86. The number of benzene rings is 1. The smallest absolute Gasteiger partial charge is 0.0850 e. The van der Waals surface area contributed by atoms with Crippen LogP contribution in [0.1, 0.15) is 32.8 Å². The number of rotatable bonds is 2. The van der Waals surface area contributed by atoms with E-state index in [1.54, 1.807) is 0 Å². The molecule has 0 radical (unpaired) electrons. The maximum atomic E-state index is 6.09. The van der Waals surface area contributed by atoms with Crippen molar-refractivity contribution in [1.29, 1.82) is 0 Å². The molecule has 3 atom stereocenters. The standard InChI is InChI=1S/C20H24O/c1-15(2)17-11-12-20(3)18(13-17)14-21-19(20)10-9-16-7-5-4-6-8-16/h4-12,18-19H,13-14H2,1-3H3/b10-9+/t18-,19?,20-/m1/s1. The van der Waals surface area contributed by atoms with Gasteiger partial charge in [0.15, 0.2) is 0 Å². The second-order valence-corrected chi connectivity index (χ2v) is 6.65. The van der Waals surface area contributed by atoms with Gasteiger partial charge in [-0.15, -0.1) is 0 Å². The fourth-order valence-corrected chi connectivity index (χ4v) is 3.33. The normalized spacial score (nSPS) is 31.7. The highest BCUT2D eigenvalue weighted by Crippen LogP contribution is 2.48. The van der Waals surface area contributed by atoms with E-state index < -0.39 is 0 Å². The van der Waals surface area contributed by atoms with Crippen LogP contribution in [0.2, 0.25) is 0 Å².